The second-order valence-corrected chi connectivity index (χ2v) is 3.14. The minimum Gasteiger partial charge on any atom is -0.396 e. The Bertz CT molecular complexity index is 454. The summed E-state index contributed by atoms with van der Waals surface area (Å²) in [5.41, 5.74) is 6.61. The van der Waals surface area contributed by atoms with Gasteiger partial charge in [0.1, 0.15) is 5.82 Å². The van der Waals surface area contributed by atoms with E-state index in [0.29, 0.717) is 12.1 Å². The standard InChI is InChI=1S/C9H7F4N3O/c10-7-2-1-5(8(4-17)15-16-14)3-6(7)9(11,12)13/h1-3,8,17H,4H2/t8-/m0/s1. The molecule has 0 fully saturated rings. The summed E-state index contributed by atoms with van der Waals surface area (Å²) in [7, 11) is 0. The molecule has 1 aromatic rings. The number of aliphatic hydroxyl groups excluding tert-OH is 1. The summed E-state index contributed by atoms with van der Waals surface area (Å²) in [5.74, 6) is -1.42. The second-order valence-electron chi connectivity index (χ2n) is 3.14. The highest BCUT2D eigenvalue weighted by atomic mass is 19.4. The highest BCUT2D eigenvalue weighted by molar-refractivity contribution is 5.29. The van der Waals surface area contributed by atoms with E-state index in [0.717, 1.165) is 6.07 Å². The first-order valence-electron chi connectivity index (χ1n) is 4.42. The lowest BCUT2D eigenvalue weighted by molar-refractivity contribution is -0.140. The minimum absolute atomic E-state index is 0.0981. The molecule has 0 saturated carbocycles. The van der Waals surface area contributed by atoms with Crippen LogP contribution in [-0.4, -0.2) is 11.7 Å². The maximum absolute atomic E-state index is 12.9. The smallest absolute Gasteiger partial charge is 0.396 e. The summed E-state index contributed by atoms with van der Waals surface area (Å²) < 4.78 is 50.1. The molecule has 0 heterocycles. The molecule has 92 valence electrons. The first-order chi connectivity index (χ1) is 7.90. The molecule has 0 unspecified atom stereocenters. The van der Waals surface area contributed by atoms with Gasteiger partial charge in [0.2, 0.25) is 0 Å². The van der Waals surface area contributed by atoms with Crippen molar-refractivity contribution in [2.75, 3.05) is 6.61 Å². The van der Waals surface area contributed by atoms with Crippen LogP contribution in [0.1, 0.15) is 17.2 Å². The number of alkyl halides is 3. The molecule has 0 spiro atoms. The lowest BCUT2D eigenvalue weighted by atomic mass is 10.0. The number of benzene rings is 1. The topological polar surface area (TPSA) is 69.0 Å². The third-order valence-electron chi connectivity index (χ3n) is 2.04. The predicted octanol–water partition coefficient (Wildman–Crippen LogP) is 3.19. The van der Waals surface area contributed by atoms with Crippen molar-refractivity contribution >= 4 is 0 Å². The molecule has 0 amide bonds. The maximum atomic E-state index is 12.9. The van der Waals surface area contributed by atoms with Gasteiger partial charge in [0, 0.05) is 4.91 Å². The average Bonchev–Trinajstić information content (AvgIpc) is 2.25. The van der Waals surface area contributed by atoms with Crippen molar-refractivity contribution in [3.63, 3.8) is 0 Å². The number of hydrogen-bond donors (Lipinski definition) is 1. The van der Waals surface area contributed by atoms with Gasteiger partial charge in [-0.05, 0) is 23.2 Å². The summed E-state index contributed by atoms with van der Waals surface area (Å²) in [5, 5.41) is 11.9. The second kappa shape index (κ2) is 5.03. The van der Waals surface area contributed by atoms with E-state index in [2.05, 4.69) is 10.0 Å². The van der Waals surface area contributed by atoms with Crippen LogP contribution in [0.2, 0.25) is 0 Å². The van der Waals surface area contributed by atoms with E-state index in [4.69, 9.17) is 10.6 Å². The zero-order valence-corrected chi connectivity index (χ0v) is 8.32. The van der Waals surface area contributed by atoms with Gasteiger partial charge in [-0.3, -0.25) is 0 Å². The molecule has 1 N–H and O–H groups in total. The molecular formula is C9H7F4N3O. The fourth-order valence-corrected chi connectivity index (χ4v) is 1.24. The molecule has 0 saturated heterocycles. The van der Waals surface area contributed by atoms with E-state index in [1.165, 1.54) is 0 Å². The van der Waals surface area contributed by atoms with E-state index < -0.39 is 30.2 Å². The average molecular weight is 249 g/mol. The zero-order valence-electron chi connectivity index (χ0n) is 8.32. The number of nitrogens with zero attached hydrogens (tertiary/aromatic N) is 3. The van der Waals surface area contributed by atoms with Crippen molar-refractivity contribution in [3.05, 3.63) is 45.6 Å². The van der Waals surface area contributed by atoms with E-state index in [9.17, 15) is 17.6 Å². The van der Waals surface area contributed by atoms with Gasteiger partial charge in [-0.25, -0.2) is 4.39 Å². The van der Waals surface area contributed by atoms with E-state index in [1.54, 1.807) is 0 Å². The number of aliphatic hydroxyl groups is 1. The van der Waals surface area contributed by atoms with Crippen LogP contribution in [0.25, 0.3) is 10.4 Å². The van der Waals surface area contributed by atoms with Gasteiger partial charge in [0.15, 0.2) is 0 Å². The van der Waals surface area contributed by atoms with Gasteiger partial charge < -0.3 is 5.11 Å². The van der Waals surface area contributed by atoms with Crippen molar-refractivity contribution < 1.29 is 22.7 Å². The summed E-state index contributed by atoms with van der Waals surface area (Å²) in [6.07, 6.45) is -4.84. The molecule has 0 aliphatic heterocycles. The molecule has 0 aliphatic carbocycles. The molecule has 1 atom stereocenters. The van der Waals surface area contributed by atoms with Crippen LogP contribution >= 0.6 is 0 Å². The molecule has 1 rings (SSSR count). The number of hydrogen-bond acceptors (Lipinski definition) is 2. The van der Waals surface area contributed by atoms with Gasteiger partial charge in [0.05, 0.1) is 18.2 Å². The number of halogens is 4. The van der Waals surface area contributed by atoms with Gasteiger partial charge in [-0.2, -0.15) is 13.2 Å². The SMILES string of the molecule is [N-]=[N+]=N[C@@H](CO)c1ccc(F)c(C(F)(F)F)c1. The largest absolute Gasteiger partial charge is 0.419 e. The molecule has 1 aromatic carbocycles. The zero-order chi connectivity index (χ0) is 13.1. The Morgan fingerprint density at radius 1 is 1.41 bits per heavy atom. The minimum atomic E-state index is -4.84. The Hall–Kier alpha value is -1.79. The summed E-state index contributed by atoms with van der Waals surface area (Å²) in [6.45, 7) is -0.660. The third-order valence-corrected chi connectivity index (χ3v) is 2.04. The van der Waals surface area contributed by atoms with Crippen LogP contribution in [0.4, 0.5) is 17.6 Å². The van der Waals surface area contributed by atoms with Gasteiger partial charge in [-0.15, -0.1) is 0 Å². The normalized spacial score (nSPS) is 13.0. The monoisotopic (exact) mass is 249 g/mol. The van der Waals surface area contributed by atoms with Crippen molar-refractivity contribution in [3.8, 4) is 0 Å². The Balaban J connectivity index is 3.25. The van der Waals surface area contributed by atoms with Gasteiger partial charge >= 0.3 is 6.18 Å². The molecule has 8 heteroatoms. The molecule has 4 nitrogen and oxygen atoms in total. The van der Waals surface area contributed by atoms with Gasteiger partial charge in [-0.1, -0.05) is 11.2 Å². The van der Waals surface area contributed by atoms with Crippen molar-refractivity contribution in [2.24, 2.45) is 5.11 Å². The van der Waals surface area contributed by atoms with Crippen LogP contribution in [-0.2, 0) is 6.18 Å². The van der Waals surface area contributed by atoms with E-state index >= 15 is 0 Å². The summed E-state index contributed by atoms with van der Waals surface area (Å²) in [4.78, 5) is 2.39. The fourth-order valence-electron chi connectivity index (χ4n) is 1.24. The van der Waals surface area contributed by atoms with Crippen molar-refractivity contribution in [1.29, 1.82) is 0 Å². The van der Waals surface area contributed by atoms with E-state index in [-0.39, 0.29) is 5.56 Å². The molecule has 0 radical (unpaired) electrons. The molecular weight excluding hydrogens is 242 g/mol. The Labute approximate surface area is 93.1 Å². The van der Waals surface area contributed by atoms with Crippen LogP contribution < -0.4 is 0 Å². The van der Waals surface area contributed by atoms with Crippen LogP contribution in [0.5, 0.6) is 0 Å². The fraction of sp³-hybridized carbons (Fsp3) is 0.333. The third kappa shape index (κ3) is 3.08. The molecule has 0 aliphatic rings. The highest BCUT2D eigenvalue weighted by Gasteiger charge is 2.34. The number of rotatable bonds is 3. The summed E-state index contributed by atoms with van der Waals surface area (Å²) in [6, 6.07) is 1.00. The molecule has 17 heavy (non-hydrogen) atoms. The molecule has 0 aromatic heterocycles. The van der Waals surface area contributed by atoms with Crippen LogP contribution in [0, 0.1) is 5.82 Å². The lowest BCUT2D eigenvalue weighted by Gasteiger charge is -2.12. The first-order valence-corrected chi connectivity index (χ1v) is 4.42. The Morgan fingerprint density at radius 2 is 2.06 bits per heavy atom. The summed E-state index contributed by atoms with van der Waals surface area (Å²) >= 11 is 0. The number of azide groups is 1. The van der Waals surface area contributed by atoms with Crippen molar-refractivity contribution in [2.45, 2.75) is 12.2 Å². The highest BCUT2D eigenvalue weighted by Crippen LogP contribution is 2.33. The van der Waals surface area contributed by atoms with E-state index in [1.807, 2.05) is 0 Å². The Morgan fingerprint density at radius 3 is 2.53 bits per heavy atom. The Kier molecular flexibility index (Phi) is 3.93. The van der Waals surface area contributed by atoms with Crippen LogP contribution in [0.15, 0.2) is 23.3 Å². The van der Waals surface area contributed by atoms with Gasteiger partial charge in [0.25, 0.3) is 0 Å². The predicted molar refractivity (Wildman–Crippen MR) is 50.4 cm³/mol. The maximum Gasteiger partial charge on any atom is 0.419 e. The van der Waals surface area contributed by atoms with Crippen molar-refractivity contribution in [1.82, 2.24) is 0 Å². The van der Waals surface area contributed by atoms with Crippen LogP contribution in [0.3, 0.4) is 0 Å². The quantitative estimate of drug-likeness (QED) is 0.380. The molecule has 0 bridgehead atoms. The lowest BCUT2D eigenvalue weighted by Crippen LogP contribution is -2.10. The first kappa shape index (κ1) is 13.3.